The van der Waals surface area contributed by atoms with Gasteiger partial charge in [0, 0.05) is 12.6 Å². The van der Waals surface area contributed by atoms with E-state index < -0.39 is 12.0 Å². The fourth-order valence-corrected chi connectivity index (χ4v) is 1.71. The molecule has 1 rings (SSSR count). The van der Waals surface area contributed by atoms with Crippen molar-refractivity contribution in [2.75, 3.05) is 13.1 Å². The van der Waals surface area contributed by atoms with Crippen LogP contribution in [0, 0.1) is 0 Å². The molecule has 1 aliphatic rings. The van der Waals surface area contributed by atoms with E-state index >= 15 is 0 Å². The van der Waals surface area contributed by atoms with Gasteiger partial charge in [0.1, 0.15) is 6.04 Å². The quantitative estimate of drug-likeness (QED) is 0.694. The lowest BCUT2D eigenvalue weighted by molar-refractivity contribution is -0.147. The van der Waals surface area contributed by atoms with Crippen molar-refractivity contribution in [2.24, 2.45) is 0 Å². The largest absolute Gasteiger partial charge is 0.480 e. The van der Waals surface area contributed by atoms with Crippen LogP contribution in [0.5, 0.6) is 0 Å². The van der Waals surface area contributed by atoms with Crippen LogP contribution in [0.2, 0.25) is 0 Å². The van der Waals surface area contributed by atoms with Gasteiger partial charge in [0.05, 0.1) is 6.54 Å². The van der Waals surface area contributed by atoms with Crippen LogP contribution in [0.1, 0.15) is 26.7 Å². The number of hydrogen-bond acceptors (Lipinski definition) is 3. The molecular formula is C10H18N2O3. The second-order valence-corrected chi connectivity index (χ2v) is 4.12. The molecule has 5 nitrogen and oxygen atoms in total. The average molecular weight is 214 g/mol. The highest BCUT2D eigenvalue weighted by molar-refractivity contribution is 5.85. The van der Waals surface area contributed by atoms with Crippen LogP contribution in [0.3, 0.4) is 0 Å². The first-order valence-corrected chi connectivity index (χ1v) is 5.28. The average Bonchev–Trinajstić information content (AvgIpc) is 2.62. The Kier molecular flexibility index (Phi) is 4.08. The fourth-order valence-electron chi connectivity index (χ4n) is 1.71. The van der Waals surface area contributed by atoms with Crippen LogP contribution in [0.4, 0.5) is 0 Å². The van der Waals surface area contributed by atoms with Gasteiger partial charge < -0.3 is 15.3 Å². The van der Waals surface area contributed by atoms with Gasteiger partial charge in [-0.1, -0.05) is 13.8 Å². The standard InChI is InChI=1S/C10H18N2O3/c1-7(2)11-6-9(13)12-5-3-4-8(12)10(14)15/h7-8,11H,3-6H2,1-2H3,(H,14,15)/t8-/m0/s1. The van der Waals surface area contributed by atoms with Crippen LogP contribution in [0.15, 0.2) is 0 Å². The van der Waals surface area contributed by atoms with Crippen LogP contribution in [0.25, 0.3) is 0 Å². The van der Waals surface area contributed by atoms with Gasteiger partial charge in [-0.05, 0) is 12.8 Å². The Balaban J connectivity index is 2.47. The molecule has 0 radical (unpaired) electrons. The Morgan fingerprint density at radius 2 is 2.20 bits per heavy atom. The Morgan fingerprint density at radius 1 is 1.53 bits per heavy atom. The molecule has 0 unspecified atom stereocenters. The predicted octanol–water partition coefficient (Wildman–Crippen LogP) is 0.0600. The predicted molar refractivity (Wildman–Crippen MR) is 55.5 cm³/mol. The molecule has 1 fully saturated rings. The third kappa shape index (κ3) is 3.20. The molecule has 5 heteroatoms. The number of nitrogens with zero attached hydrogens (tertiary/aromatic N) is 1. The SMILES string of the molecule is CC(C)NCC(=O)N1CCC[C@H]1C(=O)O. The number of nitrogens with one attached hydrogen (secondary N) is 1. The molecule has 86 valence electrons. The van der Waals surface area contributed by atoms with Gasteiger partial charge in [0.15, 0.2) is 0 Å². The minimum Gasteiger partial charge on any atom is -0.480 e. The zero-order chi connectivity index (χ0) is 11.4. The van der Waals surface area contributed by atoms with Gasteiger partial charge >= 0.3 is 5.97 Å². The molecule has 0 spiro atoms. The number of hydrogen-bond donors (Lipinski definition) is 2. The molecule has 0 bridgehead atoms. The molecule has 2 N–H and O–H groups in total. The van der Waals surface area contributed by atoms with E-state index in [0.29, 0.717) is 13.0 Å². The highest BCUT2D eigenvalue weighted by Crippen LogP contribution is 2.17. The summed E-state index contributed by atoms with van der Waals surface area (Å²) in [7, 11) is 0. The number of amides is 1. The number of carbonyl (C=O) groups is 2. The molecule has 1 atom stereocenters. The van der Waals surface area contributed by atoms with Crippen LogP contribution >= 0.6 is 0 Å². The zero-order valence-corrected chi connectivity index (χ0v) is 9.19. The monoisotopic (exact) mass is 214 g/mol. The minimum atomic E-state index is -0.898. The summed E-state index contributed by atoms with van der Waals surface area (Å²) in [5.41, 5.74) is 0. The summed E-state index contributed by atoms with van der Waals surface area (Å²) in [4.78, 5) is 24.0. The van der Waals surface area contributed by atoms with E-state index in [1.165, 1.54) is 4.90 Å². The second-order valence-electron chi connectivity index (χ2n) is 4.12. The third-order valence-electron chi connectivity index (χ3n) is 2.52. The minimum absolute atomic E-state index is 0.117. The van der Waals surface area contributed by atoms with Gasteiger partial charge in [0.2, 0.25) is 5.91 Å². The summed E-state index contributed by atoms with van der Waals surface area (Å²) >= 11 is 0. The first-order chi connectivity index (χ1) is 7.02. The zero-order valence-electron chi connectivity index (χ0n) is 9.19. The van der Waals surface area contributed by atoms with Gasteiger partial charge in [-0.3, -0.25) is 4.79 Å². The Labute approximate surface area is 89.4 Å². The van der Waals surface area contributed by atoms with E-state index in [1.54, 1.807) is 0 Å². The maximum absolute atomic E-state index is 11.7. The smallest absolute Gasteiger partial charge is 0.326 e. The van der Waals surface area contributed by atoms with E-state index in [1.807, 2.05) is 13.8 Å². The second kappa shape index (κ2) is 5.11. The molecule has 1 amide bonds. The van der Waals surface area contributed by atoms with Gasteiger partial charge in [-0.25, -0.2) is 4.79 Å². The maximum Gasteiger partial charge on any atom is 0.326 e. The molecule has 0 aromatic carbocycles. The molecule has 0 saturated carbocycles. The lowest BCUT2D eigenvalue weighted by Crippen LogP contribution is -2.45. The van der Waals surface area contributed by atoms with Crippen molar-refractivity contribution in [3.05, 3.63) is 0 Å². The van der Waals surface area contributed by atoms with E-state index in [2.05, 4.69) is 5.32 Å². The summed E-state index contributed by atoms with van der Waals surface area (Å²) in [6.45, 7) is 4.69. The first-order valence-electron chi connectivity index (χ1n) is 5.28. The summed E-state index contributed by atoms with van der Waals surface area (Å²) in [5, 5.41) is 11.9. The molecule has 1 heterocycles. The molecule has 0 aromatic rings. The van der Waals surface area contributed by atoms with Crippen molar-refractivity contribution in [1.29, 1.82) is 0 Å². The van der Waals surface area contributed by atoms with Crippen molar-refractivity contribution >= 4 is 11.9 Å². The summed E-state index contributed by atoms with van der Waals surface area (Å²) in [6, 6.07) is -0.383. The number of carboxylic acid groups (broad SMARTS) is 1. The van der Waals surface area contributed by atoms with E-state index in [-0.39, 0.29) is 18.5 Å². The summed E-state index contributed by atoms with van der Waals surface area (Å²) in [5.74, 6) is -1.01. The Hall–Kier alpha value is -1.10. The number of carbonyl (C=O) groups excluding carboxylic acids is 1. The van der Waals surface area contributed by atoms with Crippen molar-refractivity contribution < 1.29 is 14.7 Å². The van der Waals surface area contributed by atoms with E-state index in [4.69, 9.17) is 5.11 Å². The van der Waals surface area contributed by atoms with E-state index in [0.717, 1.165) is 6.42 Å². The van der Waals surface area contributed by atoms with Gasteiger partial charge in [0.25, 0.3) is 0 Å². The normalized spacial score (nSPS) is 21.0. The molecule has 15 heavy (non-hydrogen) atoms. The van der Waals surface area contributed by atoms with Crippen LogP contribution in [-0.2, 0) is 9.59 Å². The van der Waals surface area contributed by atoms with Crippen LogP contribution < -0.4 is 5.32 Å². The summed E-state index contributed by atoms with van der Waals surface area (Å²) in [6.07, 6.45) is 1.35. The van der Waals surface area contributed by atoms with Crippen molar-refractivity contribution in [1.82, 2.24) is 10.2 Å². The molecule has 0 aromatic heterocycles. The summed E-state index contributed by atoms with van der Waals surface area (Å²) < 4.78 is 0. The van der Waals surface area contributed by atoms with Gasteiger partial charge in [-0.15, -0.1) is 0 Å². The highest BCUT2D eigenvalue weighted by Gasteiger charge is 2.33. The molecule has 1 aliphatic heterocycles. The van der Waals surface area contributed by atoms with E-state index in [9.17, 15) is 9.59 Å². The number of likely N-dealkylation sites (tertiary alicyclic amines) is 1. The number of carboxylic acids is 1. The van der Waals surface area contributed by atoms with Gasteiger partial charge in [-0.2, -0.15) is 0 Å². The lowest BCUT2D eigenvalue weighted by Gasteiger charge is -2.22. The maximum atomic E-state index is 11.7. The Morgan fingerprint density at radius 3 is 2.73 bits per heavy atom. The van der Waals surface area contributed by atoms with Crippen molar-refractivity contribution in [2.45, 2.75) is 38.8 Å². The third-order valence-corrected chi connectivity index (χ3v) is 2.52. The Bertz CT molecular complexity index is 253. The lowest BCUT2D eigenvalue weighted by atomic mass is 10.2. The molecule has 1 saturated heterocycles. The number of rotatable bonds is 4. The van der Waals surface area contributed by atoms with Crippen molar-refractivity contribution in [3.63, 3.8) is 0 Å². The topological polar surface area (TPSA) is 69.6 Å². The highest BCUT2D eigenvalue weighted by atomic mass is 16.4. The fraction of sp³-hybridized carbons (Fsp3) is 0.800. The first kappa shape index (κ1) is 12.0. The number of aliphatic carboxylic acids is 1. The van der Waals surface area contributed by atoms with Crippen LogP contribution in [-0.4, -0.2) is 47.1 Å². The molecular weight excluding hydrogens is 196 g/mol. The van der Waals surface area contributed by atoms with Crippen molar-refractivity contribution in [3.8, 4) is 0 Å². The molecule has 0 aliphatic carbocycles.